The number of nitrogens with one attached hydrogen (secondary N) is 1. The summed E-state index contributed by atoms with van der Waals surface area (Å²) in [6.45, 7) is 0.399. The summed E-state index contributed by atoms with van der Waals surface area (Å²) in [5.74, 6) is -0.0346. The first-order valence-corrected chi connectivity index (χ1v) is 10.3. The van der Waals surface area contributed by atoms with E-state index in [2.05, 4.69) is 29.6 Å². The topological polar surface area (TPSA) is 105 Å². The molecular weight excluding hydrogens is 392 g/mol. The van der Waals surface area contributed by atoms with Gasteiger partial charge in [-0.05, 0) is 33.4 Å². The number of aliphatic hydroxyl groups is 2. The van der Waals surface area contributed by atoms with Gasteiger partial charge in [-0.2, -0.15) is 0 Å². The van der Waals surface area contributed by atoms with E-state index in [4.69, 9.17) is 10.5 Å². The fourth-order valence-electron chi connectivity index (χ4n) is 4.08. The van der Waals surface area contributed by atoms with Crippen molar-refractivity contribution in [3.05, 3.63) is 95.1 Å². The molecule has 3 aromatic rings. The Balaban J connectivity index is 1.33. The summed E-state index contributed by atoms with van der Waals surface area (Å²) in [5, 5.41) is 23.2. The molecule has 0 radical (unpaired) electrons. The van der Waals surface area contributed by atoms with Gasteiger partial charge in [0.15, 0.2) is 0 Å². The first kappa shape index (κ1) is 21.1. The number of rotatable bonds is 7. The number of ether oxygens (including phenoxy) is 1. The average Bonchev–Trinajstić information content (AvgIpc) is 3.14. The number of amides is 1. The van der Waals surface area contributed by atoms with Crippen LogP contribution in [0.5, 0.6) is 0 Å². The first-order chi connectivity index (χ1) is 15.1. The molecule has 2 unspecified atom stereocenters. The van der Waals surface area contributed by atoms with E-state index >= 15 is 0 Å². The van der Waals surface area contributed by atoms with Crippen molar-refractivity contribution in [1.29, 1.82) is 0 Å². The predicted octanol–water partition coefficient (Wildman–Crippen LogP) is 3.08. The van der Waals surface area contributed by atoms with Crippen molar-refractivity contribution in [1.82, 2.24) is 5.32 Å². The molecule has 4 rings (SSSR count). The second kappa shape index (κ2) is 9.31. The third-order valence-corrected chi connectivity index (χ3v) is 5.69. The molecule has 1 amide bonds. The molecule has 160 valence electrons. The number of hydrogen-bond donors (Lipinski definition) is 4. The van der Waals surface area contributed by atoms with E-state index in [1.807, 2.05) is 30.3 Å². The largest absolute Gasteiger partial charge is 0.449 e. The Bertz CT molecular complexity index is 1020. The molecule has 0 heterocycles. The van der Waals surface area contributed by atoms with E-state index in [9.17, 15) is 15.0 Å². The van der Waals surface area contributed by atoms with Gasteiger partial charge < -0.3 is 26.0 Å². The van der Waals surface area contributed by atoms with Gasteiger partial charge in [0, 0.05) is 19.0 Å². The zero-order valence-electron chi connectivity index (χ0n) is 17.1. The van der Waals surface area contributed by atoms with Crippen LogP contribution in [-0.4, -0.2) is 35.6 Å². The molecule has 3 aromatic carbocycles. The van der Waals surface area contributed by atoms with Crippen molar-refractivity contribution < 1.29 is 19.7 Å². The minimum atomic E-state index is -1.17. The van der Waals surface area contributed by atoms with Gasteiger partial charge in [-0.15, -0.1) is 0 Å². The molecule has 6 nitrogen and oxygen atoms in total. The van der Waals surface area contributed by atoms with E-state index in [0.29, 0.717) is 12.1 Å². The molecule has 0 saturated heterocycles. The molecule has 0 spiro atoms. The van der Waals surface area contributed by atoms with Gasteiger partial charge in [-0.1, -0.05) is 72.8 Å². The fourth-order valence-corrected chi connectivity index (χ4v) is 4.08. The number of hydrogen-bond acceptors (Lipinski definition) is 5. The predicted molar refractivity (Wildman–Crippen MR) is 118 cm³/mol. The van der Waals surface area contributed by atoms with Gasteiger partial charge in [0.05, 0.1) is 0 Å². The summed E-state index contributed by atoms with van der Waals surface area (Å²) < 4.78 is 5.45. The molecule has 0 saturated carbocycles. The second-order valence-corrected chi connectivity index (χ2v) is 7.67. The Hall–Kier alpha value is -3.19. The van der Waals surface area contributed by atoms with Crippen LogP contribution in [0.4, 0.5) is 4.79 Å². The van der Waals surface area contributed by atoms with Crippen molar-refractivity contribution in [3.8, 4) is 11.1 Å². The lowest BCUT2D eigenvalue weighted by atomic mass is 9.98. The van der Waals surface area contributed by atoms with Crippen molar-refractivity contribution in [2.75, 3.05) is 13.2 Å². The van der Waals surface area contributed by atoms with Crippen LogP contribution in [0.1, 0.15) is 34.3 Å². The maximum absolute atomic E-state index is 12.2. The molecule has 0 aliphatic heterocycles. The molecule has 0 bridgehead atoms. The summed E-state index contributed by atoms with van der Waals surface area (Å²) in [6, 6.07) is 23.3. The summed E-state index contributed by atoms with van der Waals surface area (Å²) >= 11 is 0. The van der Waals surface area contributed by atoms with Crippen LogP contribution >= 0.6 is 0 Å². The maximum Gasteiger partial charge on any atom is 0.407 e. The fraction of sp³-hybridized carbons (Fsp3) is 0.240. The van der Waals surface area contributed by atoms with E-state index < -0.39 is 18.3 Å². The van der Waals surface area contributed by atoms with Crippen LogP contribution in [0, 0.1) is 0 Å². The zero-order valence-corrected chi connectivity index (χ0v) is 17.1. The number of aliphatic hydroxyl groups excluding tert-OH is 2. The molecule has 5 N–H and O–H groups in total. The Morgan fingerprint density at radius 3 is 2.26 bits per heavy atom. The molecule has 0 fully saturated rings. The summed E-state index contributed by atoms with van der Waals surface area (Å²) in [7, 11) is 0. The first-order valence-electron chi connectivity index (χ1n) is 10.3. The second-order valence-electron chi connectivity index (χ2n) is 7.67. The van der Waals surface area contributed by atoms with Crippen LogP contribution in [0.15, 0.2) is 72.8 Å². The summed E-state index contributed by atoms with van der Waals surface area (Å²) in [5.41, 5.74) is 11.6. The lowest BCUT2D eigenvalue weighted by molar-refractivity contribution is 0.0185. The molecule has 1 aliphatic rings. The molecule has 31 heavy (non-hydrogen) atoms. The third kappa shape index (κ3) is 4.46. The summed E-state index contributed by atoms with van der Waals surface area (Å²) in [4.78, 5) is 12.2. The van der Waals surface area contributed by atoms with E-state index in [0.717, 1.165) is 27.8 Å². The Morgan fingerprint density at radius 2 is 1.61 bits per heavy atom. The summed E-state index contributed by atoms with van der Waals surface area (Å²) in [6.07, 6.45) is -2.95. The molecule has 1 aliphatic carbocycles. The van der Waals surface area contributed by atoms with Crippen LogP contribution in [-0.2, 0) is 11.3 Å². The van der Waals surface area contributed by atoms with E-state index in [-0.39, 0.29) is 19.1 Å². The highest BCUT2D eigenvalue weighted by molar-refractivity contribution is 5.79. The molecule has 2 atom stereocenters. The van der Waals surface area contributed by atoms with Crippen molar-refractivity contribution in [2.24, 2.45) is 5.73 Å². The highest BCUT2D eigenvalue weighted by Crippen LogP contribution is 2.44. The standard InChI is InChI=1S/C25H26N2O4/c26-13-16-6-5-7-17(12-16)24(29)23(28)14-27-25(30)31-15-22-20-10-3-1-8-18(20)19-9-2-4-11-21(19)22/h1-12,22-24,28-29H,13-15,26H2,(H,27,30). The number of fused-ring (bicyclic) bond motifs is 3. The van der Waals surface area contributed by atoms with Crippen LogP contribution in [0.3, 0.4) is 0 Å². The lowest BCUT2D eigenvalue weighted by Crippen LogP contribution is -2.36. The minimum absolute atomic E-state index is 0.0346. The van der Waals surface area contributed by atoms with Gasteiger partial charge in [-0.25, -0.2) is 4.79 Å². The Kier molecular flexibility index (Phi) is 6.32. The van der Waals surface area contributed by atoms with Crippen molar-refractivity contribution >= 4 is 6.09 Å². The van der Waals surface area contributed by atoms with Crippen LogP contribution in [0.25, 0.3) is 11.1 Å². The zero-order chi connectivity index (χ0) is 21.8. The van der Waals surface area contributed by atoms with E-state index in [1.165, 1.54) is 0 Å². The Morgan fingerprint density at radius 1 is 0.968 bits per heavy atom. The third-order valence-electron chi connectivity index (χ3n) is 5.69. The monoisotopic (exact) mass is 418 g/mol. The smallest absolute Gasteiger partial charge is 0.407 e. The average molecular weight is 418 g/mol. The molecule has 0 aromatic heterocycles. The maximum atomic E-state index is 12.2. The molecule has 6 heteroatoms. The van der Waals surface area contributed by atoms with Crippen LogP contribution < -0.4 is 11.1 Å². The quantitative estimate of drug-likeness (QED) is 0.472. The molecular formula is C25H26N2O4. The highest BCUT2D eigenvalue weighted by atomic mass is 16.5. The lowest BCUT2D eigenvalue weighted by Gasteiger charge is -2.20. The van der Waals surface area contributed by atoms with Gasteiger partial charge in [0.1, 0.15) is 18.8 Å². The SMILES string of the molecule is NCc1cccc(C(O)C(O)CNC(=O)OCC2c3ccccc3-c3ccccc32)c1. The normalized spacial score (nSPS) is 14.4. The van der Waals surface area contributed by atoms with Crippen molar-refractivity contribution in [3.63, 3.8) is 0 Å². The van der Waals surface area contributed by atoms with Gasteiger partial charge in [0.25, 0.3) is 0 Å². The number of alkyl carbamates (subject to hydrolysis) is 1. The number of carbonyl (C=O) groups excluding carboxylic acids is 1. The number of nitrogens with two attached hydrogens (primary N) is 1. The number of benzene rings is 3. The highest BCUT2D eigenvalue weighted by Gasteiger charge is 2.29. The van der Waals surface area contributed by atoms with E-state index in [1.54, 1.807) is 18.2 Å². The van der Waals surface area contributed by atoms with Crippen molar-refractivity contribution in [2.45, 2.75) is 24.7 Å². The minimum Gasteiger partial charge on any atom is -0.449 e. The number of carbonyl (C=O) groups is 1. The van der Waals surface area contributed by atoms with Gasteiger partial charge in [0.2, 0.25) is 0 Å². The van der Waals surface area contributed by atoms with Crippen LogP contribution in [0.2, 0.25) is 0 Å². The Labute approximate surface area is 181 Å². The van der Waals surface area contributed by atoms with Gasteiger partial charge >= 0.3 is 6.09 Å². The van der Waals surface area contributed by atoms with Gasteiger partial charge in [-0.3, -0.25) is 0 Å².